The van der Waals surface area contributed by atoms with E-state index in [0.717, 1.165) is 39.7 Å². The number of aliphatic hydroxyl groups excluding tert-OH is 2. The van der Waals surface area contributed by atoms with Crippen molar-refractivity contribution in [3.8, 4) is 16.9 Å². The number of hydrogen-bond acceptors (Lipinski definition) is 4. The van der Waals surface area contributed by atoms with Crippen molar-refractivity contribution in [3.63, 3.8) is 0 Å². The van der Waals surface area contributed by atoms with E-state index in [1.807, 2.05) is 12.1 Å². The smallest absolute Gasteiger partial charge is 0.304 e. The number of aliphatic hydroxyl groups is 2. The van der Waals surface area contributed by atoms with Crippen LogP contribution in [0, 0.1) is 17.8 Å². The number of ether oxygens (including phenoxy) is 1. The van der Waals surface area contributed by atoms with Gasteiger partial charge in [0, 0.05) is 5.56 Å². The van der Waals surface area contributed by atoms with E-state index in [9.17, 15) is 15.2 Å². The van der Waals surface area contributed by atoms with Gasteiger partial charge in [-0.3, -0.25) is 0 Å². The molecule has 176 valence electrons. The lowest BCUT2D eigenvalue weighted by Gasteiger charge is -2.57. The molecule has 4 bridgehead atoms. The summed E-state index contributed by atoms with van der Waals surface area (Å²) < 4.78 is 6.13. The summed E-state index contributed by atoms with van der Waals surface area (Å²) in [6.45, 7) is -0.182. The van der Waals surface area contributed by atoms with E-state index in [4.69, 9.17) is 4.74 Å². The summed E-state index contributed by atoms with van der Waals surface area (Å²) in [5.41, 5.74) is 4.75. The molecular formula is C29H33BO4. The Kier molecular flexibility index (Phi) is 5.67. The highest BCUT2D eigenvalue weighted by atomic mass is 16.5. The van der Waals surface area contributed by atoms with Crippen molar-refractivity contribution in [1.82, 2.24) is 0 Å². The third-order valence-electron chi connectivity index (χ3n) is 8.65. The SMILES string of the molecule is OBc1ccc2cc(-c3ccc(OCC(O)CO)c(C45CC6CC(CC(C6)C4)C5)c3)ccc2c1. The van der Waals surface area contributed by atoms with Gasteiger partial charge in [-0.05, 0) is 102 Å². The summed E-state index contributed by atoms with van der Waals surface area (Å²) in [6.07, 6.45) is 7.01. The summed E-state index contributed by atoms with van der Waals surface area (Å²) in [4.78, 5) is 0. The molecule has 0 spiro atoms. The van der Waals surface area contributed by atoms with Crippen molar-refractivity contribution in [1.29, 1.82) is 0 Å². The Hall–Kier alpha value is -2.34. The first-order valence-electron chi connectivity index (χ1n) is 12.8. The monoisotopic (exact) mass is 456 g/mol. The van der Waals surface area contributed by atoms with Crippen LogP contribution in [0.1, 0.15) is 44.1 Å². The maximum Gasteiger partial charge on any atom is 0.304 e. The minimum absolute atomic E-state index is 0.0541. The second-order valence-electron chi connectivity index (χ2n) is 11.1. The predicted octanol–water partition coefficient (Wildman–Crippen LogP) is 3.68. The van der Waals surface area contributed by atoms with Gasteiger partial charge < -0.3 is 20.0 Å². The molecule has 4 fully saturated rings. The van der Waals surface area contributed by atoms with Gasteiger partial charge in [-0.15, -0.1) is 0 Å². The zero-order valence-electron chi connectivity index (χ0n) is 19.6. The Morgan fingerprint density at radius 2 is 1.47 bits per heavy atom. The van der Waals surface area contributed by atoms with Crippen LogP contribution in [0.25, 0.3) is 21.9 Å². The molecule has 4 aliphatic carbocycles. The summed E-state index contributed by atoms with van der Waals surface area (Å²) in [7, 11) is 0.0541. The highest BCUT2D eigenvalue weighted by molar-refractivity contribution is 6.46. The molecule has 7 rings (SSSR count). The standard InChI is InChI=1S/C29H33BO4/c31-16-26(32)17-34-28-6-4-24(21-1-2-23-11-25(30-33)5-3-22(23)10-21)12-27(28)29-13-18-7-19(14-29)9-20(8-18)15-29/h1-6,10-12,18-20,26,30-33H,7-9,13-17H2. The van der Waals surface area contributed by atoms with Gasteiger partial charge in [-0.25, -0.2) is 0 Å². The number of fused-ring (bicyclic) bond motifs is 1. The van der Waals surface area contributed by atoms with Crippen molar-refractivity contribution in [3.05, 3.63) is 60.2 Å². The van der Waals surface area contributed by atoms with E-state index in [0.29, 0.717) is 0 Å². The molecule has 0 saturated heterocycles. The number of rotatable bonds is 7. The Morgan fingerprint density at radius 1 is 0.853 bits per heavy atom. The van der Waals surface area contributed by atoms with Gasteiger partial charge in [-0.1, -0.05) is 41.9 Å². The predicted molar refractivity (Wildman–Crippen MR) is 137 cm³/mol. The second kappa shape index (κ2) is 8.71. The summed E-state index contributed by atoms with van der Waals surface area (Å²) in [5, 5.41) is 31.0. The highest BCUT2D eigenvalue weighted by Crippen LogP contribution is 2.62. The maximum absolute atomic E-state index is 9.92. The fourth-order valence-electron chi connectivity index (χ4n) is 7.50. The molecule has 0 amide bonds. The van der Waals surface area contributed by atoms with Gasteiger partial charge in [0.2, 0.25) is 0 Å². The average molecular weight is 456 g/mol. The zero-order chi connectivity index (χ0) is 23.3. The lowest BCUT2D eigenvalue weighted by molar-refractivity contribution is -0.00735. The quantitative estimate of drug-likeness (QED) is 0.475. The van der Waals surface area contributed by atoms with Crippen LogP contribution in [0.4, 0.5) is 0 Å². The molecule has 1 atom stereocenters. The summed E-state index contributed by atoms with van der Waals surface area (Å²) >= 11 is 0. The van der Waals surface area contributed by atoms with Crippen LogP contribution in [0.3, 0.4) is 0 Å². The minimum Gasteiger partial charge on any atom is -0.490 e. The Labute approximate surface area is 201 Å². The van der Waals surface area contributed by atoms with E-state index in [-0.39, 0.29) is 26.1 Å². The molecule has 3 aromatic rings. The molecule has 4 saturated carbocycles. The van der Waals surface area contributed by atoms with E-state index in [1.54, 1.807) is 0 Å². The van der Waals surface area contributed by atoms with Crippen LogP contribution in [0.5, 0.6) is 5.75 Å². The van der Waals surface area contributed by atoms with Gasteiger partial charge in [0.05, 0.1) is 6.61 Å². The fourth-order valence-corrected chi connectivity index (χ4v) is 7.50. The topological polar surface area (TPSA) is 69.9 Å². The average Bonchev–Trinajstić information content (AvgIpc) is 2.85. The Balaban J connectivity index is 1.41. The van der Waals surface area contributed by atoms with Crippen molar-refractivity contribution >= 4 is 23.7 Å². The van der Waals surface area contributed by atoms with E-state index in [2.05, 4.69) is 42.5 Å². The third-order valence-corrected chi connectivity index (χ3v) is 8.65. The fraction of sp³-hybridized carbons (Fsp3) is 0.448. The first kappa shape index (κ1) is 22.1. The Morgan fingerprint density at radius 3 is 2.15 bits per heavy atom. The molecule has 0 aliphatic heterocycles. The molecular weight excluding hydrogens is 423 g/mol. The first-order valence-corrected chi connectivity index (χ1v) is 12.8. The minimum atomic E-state index is -0.867. The second-order valence-corrected chi connectivity index (χ2v) is 11.1. The largest absolute Gasteiger partial charge is 0.490 e. The van der Waals surface area contributed by atoms with E-state index < -0.39 is 6.10 Å². The van der Waals surface area contributed by atoms with Crippen LogP contribution >= 0.6 is 0 Å². The maximum atomic E-state index is 9.92. The van der Waals surface area contributed by atoms with Gasteiger partial charge >= 0.3 is 7.48 Å². The molecule has 0 heterocycles. The van der Waals surface area contributed by atoms with Gasteiger partial charge in [0.15, 0.2) is 0 Å². The van der Waals surface area contributed by atoms with Crippen molar-refractivity contribution < 1.29 is 20.0 Å². The zero-order valence-corrected chi connectivity index (χ0v) is 19.6. The first-order chi connectivity index (χ1) is 16.5. The molecule has 4 nitrogen and oxygen atoms in total. The lowest BCUT2D eigenvalue weighted by Crippen LogP contribution is -2.48. The molecule has 4 aliphatic rings. The molecule has 3 N–H and O–H groups in total. The van der Waals surface area contributed by atoms with Gasteiger partial charge in [0.25, 0.3) is 0 Å². The van der Waals surface area contributed by atoms with Gasteiger partial charge in [0.1, 0.15) is 18.5 Å². The molecule has 5 heteroatoms. The van der Waals surface area contributed by atoms with Crippen molar-refractivity contribution in [2.24, 2.45) is 17.8 Å². The summed E-state index contributed by atoms with van der Waals surface area (Å²) in [5.74, 6) is 3.35. The molecule has 34 heavy (non-hydrogen) atoms. The highest BCUT2D eigenvalue weighted by Gasteiger charge is 2.52. The van der Waals surface area contributed by atoms with Crippen LogP contribution in [0.2, 0.25) is 0 Å². The van der Waals surface area contributed by atoms with Crippen LogP contribution < -0.4 is 10.2 Å². The normalized spacial score (nSPS) is 28.3. The molecule has 0 radical (unpaired) electrons. The third kappa shape index (κ3) is 3.94. The number of benzene rings is 3. The van der Waals surface area contributed by atoms with Crippen LogP contribution in [-0.2, 0) is 5.41 Å². The Bertz CT molecular complexity index is 1170. The molecule has 3 aromatic carbocycles. The molecule has 0 aromatic heterocycles. The van der Waals surface area contributed by atoms with Crippen molar-refractivity contribution in [2.45, 2.75) is 50.0 Å². The number of hydrogen-bond donors (Lipinski definition) is 3. The van der Waals surface area contributed by atoms with Crippen molar-refractivity contribution in [2.75, 3.05) is 13.2 Å². The van der Waals surface area contributed by atoms with E-state index >= 15 is 0 Å². The van der Waals surface area contributed by atoms with E-state index in [1.165, 1.54) is 55.2 Å². The summed E-state index contributed by atoms with van der Waals surface area (Å²) in [6, 6.07) is 19.2. The van der Waals surface area contributed by atoms with Crippen LogP contribution in [-0.4, -0.2) is 42.0 Å². The van der Waals surface area contributed by atoms with Gasteiger partial charge in [-0.2, -0.15) is 0 Å². The lowest BCUT2D eigenvalue weighted by atomic mass is 9.48. The molecule has 1 unspecified atom stereocenters. The van der Waals surface area contributed by atoms with Crippen LogP contribution in [0.15, 0.2) is 54.6 Å².